The Hall–Kier alpha value is -3.02. The molecule has 0 saturated carbocycles. The van der Waals surface area contributed by atoms with Crippen molar-refractivity contribution in [3.05, 3.63) is 54.5 Å². The Morgan fingerprint density at radius 2 is 2.04 bits per heavy atom. The van der Waals surface area contributed by atoms with Crippen LogP contribution in [0.25, 0.3) is 17.1 Å². The summed E-state index contributed by atoms with van der Waals surface area (Å²) in [5.74, 6) is 1.58. The van der Waals surface area contributed by atoms with Gasteiger partial charge in [-0.1, -0.05) is 12.1 Å². The molecule has 0 spiro atoms. The standard InChI is InChI=1S/C19H20N4O2/c24-18(9-8-15-5-3-14-25-15)22-10-4-11-23(13-12-22)19-20-16-6-1-2-7-17(16)21-19/h1-3,5-9,14H,4,10-13H2,(H,20,21)/b9-8-. The second-order valence-electron chi connectivity index (χ2n) is 6.09. The molecule has 0 atom stereocenters. The van der Waals surface area contributed by atoms with E-state index in [1.54, 1.807) is 24.5 Å². The third-order valence-corrected chi connectivity index (χ3v) is 4.42. The summed E-state index contributed by atoms with van der Waals surface area (Å²) in [6, 6.07) is 11.7. The molecular formula is C19H20N4O2. The van der Waals surface area contributed by atoms with Crippen molar-refractivity contribution in [2.24, 2.45) is 0 Å². The molecule has 3 heterocycles. The average Bonchev–Trinajstić information content (AvgIpc) is 3.23. The van der Waals surface area contributed by atoms with Gasteiger partial charge in [-0.3, -0.25) is 4.79 Å². The number of amides is 1. The smallest absolute Gasteiger partial charge is 0.246 e. The zero-order chi connectivity index (χ0) is 17.1. The molecule has 0 unspecified atom stereocenters. The fourth-order valence-electron chi connectivity index (χ4n) is 3.08. The fraction of sp³-hybridized carbons (Fsp3) is 0.263. The summed E-state index contributed by atoms with van der Waals surface area (Å²) < 4.78 is 5.22. The number of fused-ring (bicyclic) bond motifs is 1. The molecule has 0 radical (unpaired) electrons. The minimum atomic E-state index is 0.0165. The maximum Gasteiger partial charge on any atom is 0.246 e. The van der Waals surface area contributed by atoms with Crippen LogP contribution in [0.1, 0.15) is 12.2 Å². The van der Waals surface area contributed by atoms with Gasteiger partial charge in [0.15, 0.2) is 0 Å². The molecular weight excluding hydrogens is 316 g/mol. The Bertz CT molecular complexity index is 849. The van der Waals surface area contributed by atoms with E-state index in [9.17, 15) is 4.79 Å². The van der Waals surface area contributed by atoms with Crippen molar-refractivity contribution in [2.75, 3.05) is 31.1 Å². The van der Waals surface area contributed by atoms with Gasteiger partial charge in [0.1, 0.15) is 5.76 Å². The van der Waals surface area contributed by atoms with Crippen molar-refractivity contribution in [1.29, 1.82) is 0 Å². The lowest BCUT2D eigenvalue weighted by Gasteiger charge is -2.20. The van der Waals surface area contributed by atoms with Crippen molar-refractivity contribution in [3.8, 4) is 0 Å². The number of nitrogens with zero attached hydrogens (tertiary/aromatic N) is 3. The molecule has 1 aromatic carbocycles. The first-order valence-electron chi connectivity index (χ1n) is 8.50. The topological polar surface area (TPSA) is 65.4 Å². The van der Waals surface area contributed by atoms with E-state index in [1.165, 1.54) is 0 Å². The molecule has 2 aromatic heterocycles. The highest BCUT2D eigenvalue weighted by Crippen LogP contribution is 2.18. The van der Waals surface area contributed by atoms with Crippen LogP contribution >= 0.6 is 0 Å². The van der Waals surface area contributed by atoms with Crippen molar-refractivity contribution >= 4 is 29.0 Å². The van der Waals surface area contributed by atoms with Crippen LogP contribution in [0.2, 0.25) is 0 Å². The van der Waals surface area contributed by atoms with Crippen molar-refractivity contribution < 1.29 is 9.21 Å². The lowest BCUT2D eigenvalue weighted by molar-refractivity contribution is -0.125. The molecule has 1 saturated heterocycles. The molecule has 25 heavy (non-hydrogen) atoms. The molecule has 6 heteroatoms. The second-order valence-corrected chi connectivity index (χ2v) is 6.09. The van der Waals surface area contributed by atoms with E-state index in [2.05, 4.69) is 14.9 Å². The summed E-state index contributed by atoms with van der Waals surface area (Å²) in [6.07, 6.45) is 5.80. The van der Waals surface area contributed by atoms with Gasteiger partial charge in [0, 0.05) is 32.3 Å². The minimum absolute atomic E-state index is 0.0165. The molecule has 1 N–H and O–H groups in total. The zero-order valence-electron chi connectivity index (χ0n) is 13.9. The number of hydrogen-bond acceptors (Lipinski definition) is 4. The first-order chi connectivity index (χ1) is 12.3. The molecule has 128 valence electrons. The number of aromatic amines is 1. The predicted molar refractivity (Wildman–Crippen MR) is 97.2 cm³/mol. The minimum Gasteiger partial charge on any atom is -0.465 e. The predicted octanol–water partition coefficient (Wildman–Crippen LogP) is 2.91. The van der Waals surface area contributed by atoms with Crippen LogP contribution in [-0.4, -0.2) is 47.0 Å². The molecule has 4 rings (SSSR count). The maximum absolute atomic E-state index is 12.4. The van der Waals surface area contributed by atoms with E-state index in [4.69, 9.17) is 4.42 Å². The Kier molecular flexibility index (Phi) is 4.24. The van der Waals surface area contributed by atoms with Gasteiger partial charge < -0.3 is 19.2 Å². The summed E-state index contributed by atoms with van der Waals surface area (Å²) in [5.41, 5.74) is 2.01. The summed E-state index contributed by atoms with van der Waals surface area (Å²) in [4.78, 5) is 24.5. The highest BCUT2D eigenvalue weighted by atomic mass is 16.3. The zero-order valence-corrected chi connectivity index (χ0v) is 13.9. The van der Waals surface area contributed by atoms with Crippen LogP contribution in [0.4, 0.5) is 5.95 Å². The number of hydrogen-bond donors (Lipinski definition) is 1. The van der Waals surface area contributed by atoms with Crippen LogP contribution in [0.3, 0.4) is 0 Å². The highest BCUT2D eigenvalue weighted by Gasteiger charge is 2.19. The van der Waals surface area contributed by atoms with Gasteiger partial charge in [0.05, 0.1) is 17.3 Å². The van der Waals surface area contributed by atoms with Gasteiger partial charge in [-0.25, -0.2) is 4.98 Å². The quantitative estimate of drug-likeness (QED) is 0.747. The van der Waals surface area contributed by atoms with Gasteiger partial charge in [-0.15, -0.1) is 0 Å². The van der Waals surface area contributed by atoms with E-state index in [1.807, 2.05) is 35.2 Å². The Morgan fingerprint density at radius 3 is 2.88 bits per heavy atom. The van der Waals surface area contributed by atoms with E-state index in [0.717, 1.165) is 43.0 Å². The summed E-state index contributed by atoms with van der Waals surface area (Å²) in [7, 11) is 0. The number of furan rings is 1. The average molecular weight is 336 g/mol. The maximum atomic E-state index is 12.4. The third-order valence-electron chi connectivity index (χ3n) is 4.42. The lowest BCUT2D eigenvalue weighted by Crippen LogP contribution is -2.34. The number of carbonyl (C=O) groups is 1. The van der Waals surface area contributed by atoms with Crippen molar-refractivity contribution in [3.63, 3.8) is 0 Å². The number of aromatic nitrogens is 2. The molecule has 1 aliphatic heterocycles. The number of rotatable bonds is 3. The Labute approximate surface area is 145 Å². The Balaban J connectivity index is 1.42. The molecule has 3 aromatic rings. The number of para-hydroxylation sites is 2. The van der Waals surface area contributed by atoms with Crippen LogP contribution < -0.4 is 4.90 Å². The molecule has 0 aliphatic carbocycles. The first-order valence-corrected chi connectivity index (χ1v) is 8.50. The monoisotopic (exact) mass is 336 g/mol. The van der Waals surface area contributed by atoms with E-state index >= 15 is 0 Å². The van der Waals surface area contributed by atoms with Crippen molar-refractivity contribution in [2.45, 2.75) is 6.42 Å². The van der Waals surface area contributed by atoms with E-state index in [-0.39, 0.29) is 5.91 Å². The van der Waals surface area contributed by atoms with Crippen molar-refractivity contribution in [1.82, 2.24) is 14.9 Å². The summed E-state index contributed by atoms with van der Waals surface area (Å²) in [6.45, 7) is 3.07. The van der Waals surface area contributed by atoms with E-state index in [0.29, 0.717) is 12.3 Å². The molecule has 0 bridgehead atoms. The van der Waals surface area contributed by atoms with Crippen LogP contribution in [0.5, 0.6) is 0 Å². The first kappa shape index (κ1) is 15.5. The number of imidazole rings is 1. The van der Waals surface area contributed by atoms with Gasteiger partial charge in [0.2, 0.25) is 11.9 Å². The number of H-pyrrole nitrogens is 1. The largest absolute Gasteiger partial charge is 0.465 e. The normalized spacial score (nSPS) is 15.8. The van der Waals surface area contributed by atoms with Gasteiger partial charge in [-0.2, -0.15) is 0 Å². The van der Waals surface area contributed by atoms with Crippen LogP contribution in [0.15, 0.2) is 53.2 Å². The van der Waals surface area contributed by atoms with Crippen LogP contribution in [-0.2, 0) is 4.79 Å². The van der Waals surface area contributed by atoms with Crippen LogP contribution in [0, 0.1) is 0 Å². The number of carbonyl (C=O) groups excluding carboxylic acids is 1. The lowest BCUT2D eigenvalue weighted by atomic mass is 10.3. The third kappa shape index (κ3) is 3.42. The molecule has 1 amide bonds. The highest BCUT2D eigenvalue weighted by molar-refractivity contribution is 5.91. The molecule has 1 fully saturated rings. The van der Waals surface area contributed by atoms with E-state index < -0.39 is 0 Å². The van der Waals surface area contributed by atoms with Gasteiger partial charge in [-0.05, 0) is 36.8 Å². The number of benzene rings is 1. The number of nitrogens with one attached hydrogen (secondary N) is 1. The number of anilines is 1. The molecule has 6 nitrogen and oxygen atoms in total. The molecule has 1 aliphatic rings. The SMILES string of the molecule is O=C(/C=C\c1ccco1)N1CCCN(c2nc3ccccc3[nH]2)CC1. The Morgan fingerprint density at radius 1 is 1.12 bits per heavy atom. The summed E-state index contributed by atoms with van der Waals surface area (Å²) >= 11 is 0. The van der Waals surface area contributed by atoms with Gasteiger partial charge >= 0.3 is 0 Å². The summed E-state index contributed by atoms with van der Waals surface area (Å²) in [5, 5.41) is 0. The fourth-order valence-corrected chi connectivity index (χ4v) is 3.08. The second kappa shape index (κ2) is 6.84. The van der Waals surface area contributed by atoms with Gasteiger partial charge in [0.25, 0.3) is 0 Å².